The van der Waals surface area contributed by atoms with Crippen molar-refractivity contribution in [3.8, 4) is 0 Å². The van der Waals surface area contributed by atoms with E-state index in [2.05, 4.69) is 0 Å². The molecule has 0 aromatic heterocycles. The number of carbonyl (C=O) groups excluding carboxylic acids is 2. The summed E-state index contributed by atoms with van der Waals surface area (Å²) in [7, 11) is 0. The Kier molecular flexibility index (Phi) is 2.97. The molecule has 2 atom stereocenters. The number of benzene rings is 1. The molecule has 102 valence electrons. The number of hydrogen-bond donors (Lipinski definition) is 0. The Morgan fingerprint density at radius 1 is 1.00 bits per heavy atom. The van der Waals surface area contributed by atoms with Gasteiger partial charge in [-0.25, -0.2) is 0 Å². The van der Waals surface area contributed by atoms with Crippen LogP contribution in [0.2, 0.25) is 0 Å². The number of ketones is 2. The highest BCUT2D eigenvalue weighted by molar-refractivity contribution is 6.08. The van der Waals surface area contributed by atoms with E-state index in [0.29, 0.717) is 12.8 Å². The molecule has 0 amide bonds. The van der Waals surface area contributed by atoms with E-state index in [-0.39, 0.29) is 17.5 Å². The fourth-order valence-corrected chi connectivity index (χ4v) is 3.65. The summed E-state index contributed by atoms with van der Waals surface area (Å²) in [6.45, 7) is 3.94. The van der Waals surface area contributed by atoms with Gasteiger partial charge in [0.2, 0.25) is 0 Å². The average molecular weight is 266 g/mol. The second-order valence-corrected chi connectivity index (χ2v) is 6.02. The average Bonchev–Trinajstić information content (AvgIpc) is 2.90. The molecule has 0 spiro atoms. The Morgan fingerprint density at radius 2 is 1.70 bits per heavy atom. The summed E-state index contributed by atoms with van der Waals surface area (Å²) in [4.78, 5) is 25.0. The van der Waals surface area contributed by atoms with Crippen molar-refractivity contribution in [1.82, 2.24) is 0 Å². The van der Waals surface area contributed by atoms with Gasteiger partial charge >= 0.3 is 0 Å². The van der Waals surface area contributed by atoms with Gasteiger partial charge in [-0.1, -0.05) is 41.5 Å². The number of rotatable bonds is 2. The Labute approximate surface area is 119 Å². The van der Waals surface area contributed by atoms with Crippen molar-refractivity contribution in [2.24, 2.45) is 5.92 Å². The highest BCUT2D eigenvalue weighted by Gasteiger charge is 2.52. The molecule has 2 nitrogen and oxygen atoms in total. The van der Waals surface area contributed by atoms with Crippen LogP contribution in [0.15, 0.2) is 53.6 Å². The monoisotopic (exact) mass is 266 g/mol. The highest BCUT2D eigenvalue weighted by Crippen LogP contribution is 2.48. The van der Waals surface area contributed by atoms with Gasteiger partial charge in [-0.05, 0) is 44.4 Å². The first kappa shape index (κ1) is 13.0. The van der Waals surface area contributed by atoms with Crippen LogP contribution < -0.4 is 0 Å². The minimum Gasteiger partial charge on any atom is -0.294 e. The van der Waals surface area contributed by atoms with Crippen LogP contribution in [0.4, 0.5) is 0 Å². The summed E-state index contributed by atoms with van der Waals surface area (Å²) in [6.07, 6.45) is 4.78. The lowest BCUT2D eigenvalue weighted by molar-refractivity contribution is -0.128. The fraction of sp³-hybridized carbons (Fsp3) is 0.333. The zero-order valence-corrected chi connectivity index (χ0v) is 11.8. The topological polar surface area (TPSA) is 34.1 Å². The summed E-state index contributed by atoms with van der Waals surface area (Å²) < 4.78 is 0. The maximum Gasteiger partial charge on any atom is 0.167 e. The minimum absolute atomic E-state index is 0.0858. The molecule has 0 aliphatic heterocycles. The molecule has 0 saturated carbocycles. The summed E-state index contributed by atoms with van der Waals surface area (Å²) >= 11 is 0. The lowest BCUT2D eigenvalue weighted by atomic mass is 9.65. The molecular weight excluding hydrogens is 248 g/mol. The molecule has 20 heavy (non-hydrogen) atoms. The van der Waals surface area contributed by atoms with Crippen molar-refractivity contribution in [2.75, 3.05) is 0 Å². The normalized spacial score (nSPS) is 29.6. The van der Waals surface area contributed by atoms with E-state index in [4.69, 9.17) is 0 Å². The van der Waals surface area contributed by atoms with Crippen LogP contribution in [0.3, 0.4) is 0 Å². The Morgan fingerprint density at radius 3 is 2.20 bits per heavy atom. The van der Waals surface area contributed by atoms with Crippen molar-refractivity contribution in [1.29, 1.82) is 0 Å². The van der Waals surface area contributed by atoms with Crippen LogP contribution in [0.25, 0.3) is 0 Å². The number of hydrogen-bond acceptors (Lipinski definition) is 2. The molecule has 2 unspecified atom stereocenters. The van der Waals surface area contributed by atoms with Gasteiger partial charge in [0.25, 0.3) is 0 Å². The second-order valence-electron chi connectivity index (χ2n) is 6.02. The Hall–Kier alpha value is -1.96. The molecule has 2 aliphatic carbocycles. The third-order valence-electron chi connectivity index (χ3n) is 4.52. The summed E-state index contributed by atoms with van der Waals surface area (Å²) in [5.74, 6) is -0.0587. The Balaban J connectivity index is 2.12. The van der Waals surface area contributed by atoms with E-state index < -0.39 is 5.41 Å². The molecule has 0 heterocycles. The predicted octanol–water partition coefficient (Wildman–Crippen LogP) is 3.38. The Bertz CT molecular complexity index is 637. The van der Waals surface area contributed by atoms with E-state index in [1.807, 2.05) is 44.2 Å². The van der Waals surface area contributed by atoms with Crippen molar-refractivity contribution >= 4 is 11.6 Å². The van der Waals surface area contributed by atoms with Gasteiger partial charge in [0.15, 0.2) is 11.6 Å². The number of allylic oxidation sites excluding steroid dienone is 4. The highest BCUT2D eigenvalue weighted by atomic mass is 16.1. The first-order valence-corrected chi connectivity index (χ1v) is 7.02. The van der Waals surface area contributed by atoms with Crippen LogP contribution in [-0.4, -0.2) is 11.6 Å². The first-order chi connectivity index (χ1) is 9.54. The van der Waals surface area contributed by atoms with Crippen LogP contribution in [0.1, 0.15) is 32.3 Å². The molecule has 1 aromatic rings. The van der Waals surface area contributed by atoms with Gasteiger partial charge < -0.3 is 0 Å². The summed E-state index contributed by atoms with van der Waals surface area (Å²) in [6, 6.07) is 9.78. The largest absolute Gasteiger partial charge is 0.294 e. The molecule has 0 fully saturated rings. The lowest BCUT2D eigenvalue weighted by Gasteiger charge is -2.34. The molecule has 0 N–H and O–H groups in total. The molecule has 2 aliphatic rings. The minimum atomic E-state index is -0.684. The fourth-order valence-electron chi connectivity index (χ4n) is 3.65. The van der Waals surface area contributed by atoms with Crippen molar-refractivity contribution in [3.05, 3.63) is 59.2 Å². The molecule has 1 aromatic carbocycles. The van der Waals surface area contributed by atoms with Crippen LogP contribution in [0.5, 0.6) is 0 Å². The van der Waals surface area contributed by atoms with Gasteiger partial charge in [-0.15, -0.1) is 0 Å². The summed E-state index contributed by atoms with van der Waals surface area (Å²) in [5, 5.41) is 0. The van der Waals surface area contributed by atoms with Gasteiger partial charge in [0.1, 0.15) is 0 Å². The van der Waals surface area contributed by atoms with Gasteiger partial charge in [-0.3, -0.25) is 9.59 Å². The standard InChI is InChI=1S/C18H18O2/c1-12-8-15(16(19)9-12)18(11-13(2)10-17(18)20)14-6-4-3-5-7-14/h3-7,9-10,15H,8,11H2,1-2H3. The molecule has 0 saturated heterocycles. The third-order valence-corrected chi connectivity index (χ3v) is 4.52. The SMILES string of the molecule is CC1=CC(=O)C(C2(c3ccccc3)CC(C)=CC2=O)C1. The first-order valence-electron chi connectivity index (χ1n) is 7.02. The van der Waals surface area contributed by atoms with Gasteiger partial charge in [0, 0.05) is 5.92 Å². The number of carbonyl (C=O) groups is 2. The maximum atomic E-state index is 12.7. The van der Waals surface area contributed by atoms with E-state index >= 15 is 0 Å². The van der Waals surface area contributed by atoms with E-state index in [9.17, 15) is 9.59 Å². The van der Waals surface area contributed by atoms with Crippen LogP contribution in [-0.2, 0) is 15.0 Å². The summed E-state index contributed by atoms with van der Waals surface area (Å²) in [5.41, 5.74) is 2.43. The quantitative estimate of drug-likeness (QED) is 0.822. The maximum absolute atomic E-state index is 12.7. The van der Waals surface area contributed by atoms with E-state index in [0.717, 1.165) is 16.7 Å². The van der Waals surface area contributed by atoms with Crippen LogP contribution in [0, 0.1) is 5.92 Å². The van der Waals surface area contributed by atoms with E-state index in [1.165, 1.54) is 0 Å². The molecule has 0 bridgehead atoms. The van der Waals surface area contributed by atoms with Crippen molar-refractivity contribution in [3.63, 3.8) is 0 Å². The third kappa shape index (κ3) is 1.79. The molecule has 3 rings (SSSR count). The van der Waals surface area contributed by atoms with Gasteiger partial charge in [0.05, 0.1) is 5.41 Å². The smallest absolute Gasteiger partial charge is 0.167 e. The second kappa shape index (κ2) is 4.55. The molecular formula is C18H18O2. The van der Waals surface area contributed by atoms with Crippen molar-refractivity contribution in [2.45, 2.75) is 32.1 Å². The van der Waals surface area contributed by atoms with Gasteiger partial charge in [-0.2, -0.15) is 0 Å². The zero-order chi connectivity index (χ0) is 14.3. The lowest BCUT2D eigenvalue weighted by Crippen LogP contribution is -2.42. The van der Waals surface area contributed by atoms with Crippen molar-refractivity contribution < 1.29 is 9.59 Å². The molecule has 0 radical (unpaired) electrons. The van der Waals surface area contributed by atoms with Crippen LogP contribution >= 0.6 is 0 Å². The van der Waals surface area contributed by atoms with E-state index in [1.54, 1.807) is 12.2 Å². The molecule has 2 heteroatoms. The zero-order valence-electron chi connectivity index (χ0n) is 11.8. The predicted molar refractivity (Wildman–Crippen MR) is 78.4 cm³/mol.